The molecule has 0 atom stereocenters. The van der Waals surface area contributed by atoms with Crippen molar-refractivity contribution in [3.8, 4) is 0 Å². The Morgan fingerprint density at radius 3 is 2.33 bits per heavy atom. The van der Waals surface area contributed by atoms with Gasteiger partial charge in [-0.2, -0.15) is 13.2 Å². The number of likely N-dealkylation sites (tertiary alicyclic amines) is 1. The fourth-order valence-corrected chi connectivity index (χ4v) is 2.15. The van der Waals surface area contributed by atoms with Gasteiger partial charge in [0.15, 0.2) is 0 Å². The van der Waals surface area contributed by atoms with Crippen LogP contribution in [-0.4, -0.2) is 24.3 Å². The fourth-order valence-electron chi connectivity index (χ4n) is 2.15. The van der Waals surface area contributed by atoms with Crippen LogP contribution in [0, 0.1) is 5.92 Å². The first-order valence-corrected chi connectivity index (χ1v) is 5.81. The quantitative estimate of drug-likeness (QED) is 0.773. The van der Waals surface area contributed by atoms with Crippen LogP contribution in [0.2, 0.25) is 0 Å². The van der Waals surface area contributed by atoms with Gasteiger partial charge in [0, 0.05) is 26.1 Å². The van der Waals surface area contributed by atoms with Gasteiger partial charge in [-0.1, -0.05) is 12.1 Å². The lowest BCUT2D eigenvalue weighted by Gasteiger charge is -2.38. The Morgan fingerprint density at radius 2 is 1.83 bits per heavy atom. The van der Waals surface area contributed by atoms with Crippen molar-refractivity contribution in [2.45, 2.75) is 19.1 Å². The molecule has 1 saturated heterocycles. The Labute approximate surface area is 103 Å². The van der Waals surface area contributed by atoms with Crippen LogP contribution >= 0.6 is 0 Å². The minimum absolute atomic E-state index is 0.414. The summed E-state index contributed by atoms with van der Waals surface area (Å²) in [5, 5.41) is 0. The molecule has 0 amide bonds. The molecule has 5 heteroatoms. The van der Waals surface area contributed by atoms with E-state index in [0.29, 0.717) is 18.9 Å². The zero-order valence-electron chi connectivity index (χ0n) is 9.78. The third-order valence-corrected chi connectivity index (χ3v) is 3.15. The summed E-state index contributed by atoms with van der Waals surface area (Å²) in [7, 11) is 0. The Balaban J connectivity index is 1.86. The number of rotatable bonds is 4. The van der Waals surface area contributed by atoms with Crippen molar-refractivity contribution in [3.63, 3.8) is 0 Å². The van der Waals surface area contributed by atoms with Gasteiger partial charge >= 0.3 is 6.18 Å². The number of hydrogen-bond acceptors (Lipinski definition) is 2. The second-order valence-electron chi connectivity index (χ2n) is 4.66. The van der Waals surface area contributed by atoms with Gasteiger partial charge in [0.05, 0.1) is 5.56 Å². The molecule has 1 aromatic carbocycles. The maximum Gasteiger partial charge on any atom is 0.416 e. The Morgan fingerprint density at radius 1 is 1.22 bits per heavy atom. The van der Waals surface area contributed by atoms with Crippen molar-refractivity contribution in [1.29, 1.82) is 0 Å². The molecule has 1 aliphatic rings. The van der Waals surface area contributed by atoms with E-state index in [2.05, 4.69) is 4.90 Å². The van der Waals surface area contributed by atoms with Crippen molar-refractivity contribution < 1.29 is 18.0 Å². The minimum Gasteiger partial charge on any atom is -0.303 e. The Kier molecular flexibility index (Phi) is 3.71. The topological polar surface area (TPSA) is 20.3 Å². The summed E-state index contributed by atoms with van der Waals surface area (Å²) in [4.78, 5) is 12.4. The van der Waals surface area contributed by atoms with Gasteiger partial charge in [-0.05, 0) is 23.6 Å². The van der Waals surface area contributed by atoms with Crippen LogP contribution in [0.1, 0.15) is 17.5 Å². The summed E-state index contributed by atoms with van der Waals surface area (Å²) in [6.45, 7) is 2.34. The van der Waals surface area contributed by atoms with Crippen LogP contribution in [0.5, 0.6) is 0 Å². The molecule has 0 aliphatic carbocycles. The van der Waals surface area contributed by atoms with E-state index in [4.69, 9.17) is 0 Å². The number of aldehydes is 1. The third-order valence-electron chi connectivity index (χ3n) is 3.15. The predicted molar refractivity (Wildman–Crippen MR) is 60.9 cm³/mol. The molecule has 0 spiro atoms. The number of benzene rings is 1. The lowest BCUT2D eigenvalue weighted by molar-refractivity contribution is -0.137. The molecule has 1 heterocycles. The molecule has 0 unspecified atom stereocenters. The van der Waals surface area contributed by atoms with Crippen LogP contribution in [0.4, 0.5) is 13.2 Å². The van der Waals surface area contributed by atoms with E-state index in [1.165, 1.54) is 12.1 Å². The lowest BCUT2D eigenvalue weighted by Crippen LogP contribution is -2.45. The van der Waals surface area contributed by atoms with E-state index in [0.717, 1.165) is 37.1 Å². The number of carbonyl (C=O) groups is 1. The molecule has 2 nitrogen and oxygen atoms in total. The van der Waals surface area contributed by atoms with E-state index >= 15 is 0 Å². The van der Waals surface area contributed by atoms with Gasteiger partial charge in [-0.25, -0.2) is 0 Å². The summed E-state index contributed by atoms with van der Waals surface area (Å²) in [5.41, 5.74) is 0.251. The zero-order valence-corrected chi connectivity index (χ0v) is 9.78. The van der Waals surface area contributed by atoms with Crippen LogP contribution in [0.15, 0.2) is 24.3 Å². The standard InChI is InChI=1S/C13H14F3NO/c14-13(15,16)12-3-1-10(2-4-12)7-17-8-11(9-17)5-6-18/h1-4,6,11H,5,7-9H2. The van der Waals surface area contributed by atoms with Gasteiger partial charge in [-0.15, -0.1) is 0 Å². The minimum atomic E-state index is -4.27. The summed E-state index contributed by atoms with van der Waals surface area (Å²) in [6.07, 6.45) is -2.78. The summed E-state index contributed by atoms with van der Waals surface area (Å²) < 4.78 is 37.1. The molecular weight excluding hydrogens is 243 g/mol. The van der Waals surface area contributed by atoms with Crippen LogP contribution in [0.25, 0.3) is 0 Å². The molecule has 0 saturated carbocycles. The van der Waals surface area contributed by atoms with Crippen LogP contribution in [0.3, 0.4) is 0 Å². The first-order valence-electron chi connectivity index (χ1n) is 5.81. The first-order chi connectivity index (χ1) is 8.49. The molecule has 1 aromatic rings. The number of carbonyl (C=O) groups excluding carboxylic acids is 1. The second-order valence-corrected chi connectivity index (χ2v) is 4.66. The zero-order chi connectivity index (χ0) is 13.2. The Hall–Kier alpha value is -1.36. The number of hydrogen-bond donors (Lipinski definition) is 0. The highest BCUT2D eigenvalue weighted by Crippen LogP contribution is 2.29. The molecule has 0 radical (unpaired) electrons. The fraction of sp³-hybridized carbons (Fsp3) is 0.462. The predicted octanol–water partition coefficient (Wildman–Crippen LogP) is 2.73. The first kappa shape index (κ1) is 13.1. The maximum atomic E-state index is 12.4. The van der Waals surface area contributed by atoms with E-state index in [1.54, 1.807) is 0 Å². The smallest absolute Gasteiger partial charge is 0.303 e. The highest BCUT2D eigenvalue weighted by molar-refractivity contribution is 5.50. The van der Waals surface area contributed by atoms with Gasteiger partial charge in [0.1, 0.15) is 6.29 Å². The highest BCUT2D eigenvalue weighted by Gasteiger charge is 2.30. The molecule has 2 rings (SSSR count). The van der Waals surface area contributed by atoms with Gasteiger partial charge in [-0.3, -0.25) is 4.90 Å². The second kappa shape index (κ2) is 5.10. The van der Waals surface area contributed by atoms with E-state index < -0.39 is 11.7 Å². The maximum absolute atomic E-state index is 12.4. The number of alkyl halides is 3. The number of nitrogens with zero attached hydrogens (tertiary/aromatic N) is 1. The molecule has 98 valence electrons. The van der Waals surface area contributed by atoms with Gasteiger partial charge in [0.2, 0.25) is 0 Å². The average Bonchev–Trinajstić information content (AvgIpc) is 2.26. The molecule has 1 fully saturated rings. The largest absolute Gasteiger partial charge is 0.416 e. The molecule has 18 heavy (non-hydrogen) atoms. The van der Waals surface area contributed by atoms with Crippen LogP contribution in [-0.2, 0) is 17.5 Å². The summed E-state index contributed by atoms with van der Waals surface area (Å²) in [5.74, 6) is 0.414. The van der Waals surface area contributed by atoms with Gasteiger partial charge in [0.25, 0.3) is 0 Å². The van der Waals surface area contributed by atoms with Crippen molar-refractivity contribution >= 4 is 6.29 Å². The third kappa shape index (κ3) is 3.10. The van der Waals surface area contributed by atoms with Gasteiger partial charge < -0.3 is 4.79 Å². The summed E-state index contributed by atoms with van der Waals surface area (Å²) >= 11 is 0. The molecular formula is C13H14F3NO. The SMILES string of the molecule is O=CCC1CN(Cc2ccc(C(F)(F)F)cc2)C1. The van der Waals surface area contributed by atoms with Crippen molar-refractivity contribution in [2.75, 3.05) is 13.1 Å². The van der Waals surface area contributed by atoms with Crippen LogP contribution < -0.4 is 0 Å². The molecule has 0 aromatic heterocycles. The van der Waals surface area contributed by atoms with E-state index in [9.17, 15) is 18.0 Å². The Bertz CT molecular complexity index is 407. The lowest BCUT2D eigenvalue weighted by atomic mass is 9.96. The van der Waals surface area contributed by atoms with E-state index in [-0.39, 0.29) is 0 Å². The van der Waals surface area contributed by atoms with Crippen molar-refractivity contribution in [1.82, 2.24) is 4.90 Å². The normalized spacial score (nSPS) is 17.5. The van der Waals surface area contributed by atoms with E-state index in [1.807, 2.05) is 0 Å². The average molecular weight is 257 g/mol. The molecule has 1 aliphatic heterocycles. The molecule has 0 bridgehead atoms. The highest BCUT2D eigenvalue weighted by atomic mass is 19.4. The monoisotopic (exact) mass is 257 g/mol. The molecule has 0 N–H and O–H groups in total. The van der Waals surface area contributed by atoms with Crippen molar-refractivity contribution in [2.24, 2.45) is 5.92 Å². The summed E-state index contributed by atoms with van der Waals surface area (Å²) in [6, 6.07) is 5.24. The number of halogens is 3. The van der Waals surface area contributed by atoms with Crippen molar-refractivity contribution in [3.05, 3.63) is 35.4 Å².